The highest BCUT2D eigenvalue weighted by Crippen LogP contribution is 2.56. The van der Waals surface area contributed by atoms with E-state index in [4.69, 9.17) is 3.63 Å². The SMILES string of the molecule is Cc1ccc(S(=O)(=O)OS2(CC(=O)C3CCCC3)CCCCC2)cc1. The van der Waals surface area contributed by atoms with Crippen molar-refractivity contribution in [1.82, 2.24) is 0 Å². The number of carbonyl (C=O) groups is 1. The van der Waals surface area contributed by atoms with Crippen molar-refractivity contribution in [2.45, 2.75) is 56.8 Å². The van der Waals surface area contributed by atoms with E-state index in [1.807, 2.05) is 6.92 Å². The Balaban J connectivity index is 1.80. The Labute approximate surface area is 153 Å². The lowest BCUT2D eigenvalue weighted by Crippen LogP contribution is -2.29. The van der Waals surface area contributed by atoms with E-state index in [1.165, 1.54) is 0 Å². The molecule has 1 aromatic carbocycles. The summed E-state index contributed by atoms with van der Waals surface area (Å²) in [7, 11) is -5.71. The molecule has 6 heteroatoms. The highest BCUT2D eigenvalue weighted by atomic mass is 32.3. The third-order valence-electron chi connectivity index (χ3n) is 5.29. The molecule has 0 spiro atoms. The molecule has 1 aromatic rings. The van der Waals surface area contributed by atoms with Gasteiger partial charge in [-0.3, -0.25) is 4.79 Å². The number of Topliss-reactive ketones (excluding diaryl/α,β-unsaturated/α-hetero) is 1. The van der Waals surface area contributed by atoms with Gasteiger partial charge in [0, 0.05) is 17.4 Å². The number of aryl methyl sites for hydroxylation is 1. The third-order valence-corrected chi connectivity index (χ3v) is 10.9. The minimum absolute atomic E-state index is 0.122. The summed E-state index contributed by atoms with van der Waals surface area (Å²) in [5.74, 6) is 2.14. The van der Waals surface area contributed by atoms with E-state index in [0.29, 0.717) is 5.75 Å². The fraction of sp³-hybridized carbons (Fsp3) is 0.632. The lowest BCUT2D eigenvalue weighted by molar-refractivity contribution is -0.120. The maximum atomic E-state index is 12.8. The van der Waals surface area contributed by atoms with E-state index in [-0.39, 0.29) is 16.6 Å². The summed E-state index contributed by atoms with van der Waals surface area (Å²) in [5, 5.41) is 0. The quantitative estimate of drug-likeness (QED) is 0.731. The molecule has 0 atom stereocenters. The van der Waals surface area contributed by atoms with Crippen LogP contribution in [0.1, 0.15) is 50.5 Å². The molecule has 2 fully saturated rings. The minimum atomic E-state index is -3.82. The van der Waals surface area contributed by atoms with E-state index in [0.717, 1.165) is 62.0 Å². The molecule has 0 amide bonds. The van der Waals surface area contributed by atoms with Crippen molar-refractivity contribution >= 4 is 26.2 Å². The Morgan fingerprint density at radius 1 is 1.04 bits per heavy atom. The van der Waals surface area contributed by atoms with Crippen LogP contribution < -0.4 is 0 Å². The summed E-state index contributed by atoms with van der Waals surface area (Å²) in [6, 6.07) is 6.75. The molecule has 25 heavy (non-hydrogen) atoms. The standard InChI is InChI=1S/C19H28O4S2/c1-16-9-11-18(12-10-16)25(21,22)23-24(13-5-2-6-14-24)15-19(20)17-7-3-4-8-17/h9-12,17H,2-8,13-15H2,1H3. The molecule has 0 N–H and O–H groups in total. The zero-order valence-electron chi connectivity index (χ0n) is 14.9. The van der Waals surface area contributed by atoms with Gasteiger partial charge in [-0.15, -0.1) is 10.3 Å². The van der Waals surface area contributed by atoms with Crippen molar-refractivity contribution in [2.75, 3.05) is 17.3 Å². The van der Waals surface area contributed by atoms with E-state index < -0.39 is 20.4 Å². The molecule has 140 valence electrons. The molecule has 3 rings (SSSR count). The van der Waals surface area contributed by atoms with Crippen molar-refractivity contribution in [3.63, 3.8) is 0 Å². The molecule has 0 radical (unpaired) electrons. The van der Waals surface area contributed by atoms with Crippen LogP contribution in [0.4, 0.5) is 0 Å². The Hall–Kier alpha value is -0.850. The molecule has 0 unspecified atom stereocenters. The van der Waals surface area contributed by atoms with Gasteiger partial charge in [-0.2, -0.15) is 8.42 Å². The highest BCUT2D eigenvalue weighted by molar-refractivity contribution is 8.33. The second-order valence-corrected chi connectivity index (χ2v) is 12.3. The minimum Gasteiger partial charge on any atom is -0.298 e. The second-order valence-electron chi connectivity index (χ2n) is 7.36. The van der Waals surface area contributed by atoms with Crippen molar-refractivity contribution in [3.05, 3.63) is 29.8 Å². The fourth-order valence-corrected chi connectivity index (χ4v) is 9.55. The van der Waals surface area contributed by atoms with Crippen LogP contribution in [0.15, 0.2) is 29.2 Å². The van der Waals surface area contributed by atoms with Gasteiger partial charge < -0.3 is 0 Å². The maximum absolute atomic E-state index is 12.8. The van der Waals surface area contributed by atoms with Crippen LogP contribution >= 0.6 is 10.3 Å². The van der Waals surface area contributed by atoms with Crippen LogP contribution in [0.5, 0.6) is 0 Å². The Bertz CT molecular complexity index is 697. The molecule has 0 bridgehead atoms. The van der Waals surface area contributed by atoms with Gasteiger partial charge in [-0.1, -0.05) is 37.0 Å². The topological polar surface area (TPSA) is 60.4 Å². The van der Waals surface area contributed by atoms with Crippen LogP contribution in [0.2, 0.25) is 0 Å². The van der Waals surface area contributed by atoms with Crippen molar-refractivity contribution in [3.8, 4) is 0 Å². The number of benzene rings is 1. The first-order valence-electron chi connectivity index (χ1n) is 9.22. The van der Waals surface area contributed by atoms with Crippen LogP contribution in [0.3, 0.4) is 0 Å². The molecular weight excluding hydrogens is 356 g/mol. The van der Waals surface area contributed by atoms with Gasteiger partial charge in [0.1, 0.15) is 5.78 Å². The van der Waals surface area contributed by atoms with Gasteiger partial charge in [0.2, 0.25) is 0 Å². The smallest absolute Gasteiger partial charge is 0.298 e. The number of rotatable bonds is 6. The summed E-state index contributed by atoms with van der Waals surface area (Å²) in [4.78, 5) is 12.9. The van der Waals surface area contributed by atoms with Crippen LogP contribution in [-0.4, -0.2) is 31.5 Å². The molecule has 2 aliphatic rings. The molecule has 4 nitrogen and oxygen atoms in total. The van der Waals surface area contributed by atoms with E-state index >= 15 is 0 Å². The molecule has 1 heterocycles. The summed E-state index contributed by atoms with van der Waals surface area (Å²) in [6.07, 6.45) is 7.15. The molecule has 1 saturated carbocycles. The molecule has 1 aliphatic heterocycles. The van der Waals surface area contributed by atoms with Gasteiger partial charge in [0.05, 0.1) is 10.6 Å². The van der Waals surface area contributed by atoms with Crippen LogP contribution in [0.25, 0.3) is 0 Å². The van der Waals surface area contributed by atoms with Gasteiger partial charge in [0.15, 0.2) is 0 Å². The predicted molar refractivity (Wildman–Crippen MR) is 102 cm³/mol. The number of hydrogen-bond donors (Lipinski definition) is 0. The summed E-state index contributed by atoms with van der Waals surface area (Å²) < 4.78 is 31.5. The van der Waals surface area contributed by atoms with Crippen molar-refractivity contribution in [2.24, 2.45) is 5.92 Å². The number of ketones is 1. The zero-order valence-corrected chi connectivity index (χ0v) is 16.5. The maximum Gasteiger partial charge on any atom is 0.306 e. The van der Waals surface area contributed by atoms with Crippen molar-refractivity contribution < 1.29 is 16.8 Å². The van der Waals surface area contributed by atoms with Crippen molar-refractivity contribution in [1.29, 1.82) is 0 Å². The van der Waals surface area contributed by atoms with E-state index in [2.05, 4.69) is 0 Å². The monoisotopic (exact) mass is 384 g/mol. The lowest BCUT2D eigenvalue weighted by atomic mass is 10.0. The normalized spacial score (nSPS) is 22.6. The molecule has 1 saturated heterocycles. The third kappa shape index (κ3) is 4.66. The number of hydrogen-bond acceptors (Lipinski definition) is 4. The average molecular weight is 385 g/mol. The van der Waals surface area contributed by atoms with Crippen LogP contribution in [-0.2, 0) is 18.5 Å². The van der Waals surface area contributed by atoms with Gasteiger partial charge >= 0.3 is 10.1 Å². The lowest BCUT2D eigenvalue weighted by Gasteiger charge is -2.41. The fourth-order valence-electron chi connectivity index (χ4n) is 3.80. The Kier molecular flexibility index (Phi) is 5.91. The first kappa shape index (κ1) is 18.9. The Morgan fingerprint density at radius 3 is 2.24 bits per heavy atom. The first-order chi connectivity index (χ1) is 11.9. The summed E-state index contributed by atoms with van der Waals surface area (Å²) >= 11 is 0. The zero-order chi connectivity index (χ0) is 17.9. The first-order valence-corrected chi connectivity index (χ1v) is 12.7. The van der Waals surface area contributed by atoms with Gasteiger partial charge in [-0.25, -0.2) is 3.63 Å². The average Bonchev–Trinajstić information content (AvgIpc) is 3.10. The summed E-state index contributed by atoms with van der Waals surface area (Å²) in [6.45, 7) is 1.92. The van der Waals surface area contributed by atoms with Gasteiger partial charge in [-0.05, 0) is 44.7 Å². The Morgan fingerprint density at radius 2 is 1.64 bits per heavy atom. The molecular formula is C19H28O4S2. The molecule has 0 aromatic heterocycles. The van der Waals surface area contributed by atoms with E-state index in [9.17, 15) is 13.2 Å². The van der Waals surface area contributed by atoms with E-state index in [1.54, 1.807) is 24.3 Å². The van der Waals surface area contributed by atoms with Gasteiger partial charge in [0.25, 0.3) is 0 Å². The second kappa shape index (κ2) is 7.80. The van der Waals surface area contributed by atoms with Crippen LogP contribution in [0, 0.1) is 12.8 Å². The summed E-state index contributed by atoms with van der Waals surface area (Å²) in [5.41, 5.74) is 1.01. The number of carbonyl (C=O) groups excluding carboxylic acids is 1. The highest BCUT2D eigenvalue weighted by Gasteiger charge is 2.37. The largest absolute Gasteiger partial charge is 0.306 e. The predicted octanol–water partition coefficient (Wildman–Crippen LogP) is 4.36. The molecule has 1 aliphatic carbocycles.